The smallest absolute Gasteiger partial charge is 0.177 e. The van der Waals surface area contributed by atoms with Gasteiger partial charge in [-0.25, -0.2) is 9.50 Å². The number of rotatable bonds is 4. The topological polar surface area (TPSA) is 66.3 Å². The highest BCUT2D eigenvalue weighted by molar-refractivity contribution is 5.80. The molecule has 0 spiro atoms. The zero-order valence-corrected chi connectivity index (χ0v) is 13.8. The van der Waals surface area contributed by atoms with Gasteiger partial charge in [-0.3, -0.25) is 0 Å². The summed E-state index contributed by atoms with van der Waals surface area (Å²) in [4.78, 5) is 4.46. The number of hydrogen-bond donors (Lipinski definition) is 3. The van der Waals surface area contributed by atoms with E-state index in [1.54, 1.807) is 6.20 Å². The highest BCUT2D eigenvalue weighted by Gasteiger charge is 2.18. The lowest BCUT2D eigenvalue weighted by Crippen LogP contribution is -2.38. The van der Waals surface area contributed by atoms with Gasteiger partial charge < -0.3 is 16.0 Å². The average Bonchev–Trinajstić information content (AvgIpc) is 3.08. The second-order valence-corrected chi connectivity index (χ2v) is 6.22. The Labute approximate surface area is 141 Å². The Hall–Kier alpha value is -2.60. The predicted octanol–water partition coefficient (Wildman–Crippen LogP) is 2.95. The van der Waals surface area contributed by atoms with E-state index in [2.05, 4.69) is 40.0 Å². The second-order valence-electron chi connectivity index (χ2n) is 6.22. The van der Waals surface area contributed by atoms with Crippen molar-refractivity contribution in [1.82, 2.24) is 19.9 Å². The van der Waals surface area contributed by atoms with Crippen LogP contribution in [0.2, 0.25) is 0 Å². The molecule has 1 aliphatic heterocycles. The third kappa shape index (κ3) is 2.92. The fourth-order valence-corrected chi connectivity index (χ4v) is 3.15. The van der Waals surface area contributed by atoms with Gasteiger partial charge >= 0.3 is 0 Å². The van der Waals surface area contributed by atoms with E-state index in [0.29, 0.717) is 6.04 Å². The molecule has 1 aliphatic rings. The van der Waals surface area contributed by atoms with Gasteiger partial charge in [-0.1, -0.05) is 18.2 Å². The van der Waals surface area contributed by atoms with E-state index in [0.717, 1.165) is 47.9 Å². The molecule has 0 radical (unpaired) electrons. The van der Waals surface area contributed by atoms with Crippen molar-refractivity contribution in [2.24, 2.45) is 0 Å². The number of para-hydroxylation sites is 1. The van der Waals surface area contributed by atoms with Crippen molar-refractivity contribution >= 4 is 22.8 Å². The van der Waals surface area contributed by atoms with E-state index in [-0.39, 0.29) is 0 Å². The summed E-state index contributed by atoms with van der Waals surface area (Å²) in [6, 6.07) is 10.6. The summed E-state index contributed by atoms with van der Waals surface area (Å²) in [5, 5.41) is 15.2. The SMILES string of the molecule is Cc1c(N[C@H]2CCCNC2)nn2ccnc2c1Nc1ccccc1. The molecule has 124 valence electrons. The van der Waals surface area contributed by atoms with Gasteiger partial charge in [-0.05, 0) is 38.4 Å². The maximum absolute atomic E-state index is 4.71. The monoisotopic (exact) mass is 322 g/mol. The molecule has 24 heavy (non-hydrogen) atoms. The molecule has 0 saturated carbocycles. The number of nitrogens with zero attached hydrogens (tertiary/aromatic N) is 3. The molecule has 0 unspecified atom stereocenters. The standard InChI is InChI=1S/C18H22N6/c1-13-16(21-14-6-3-2-4-7-14)18-20-10-11-24(18)23-17(13)22-15-8-5-9-19-12-15/h2-4,6-7,10-11,15,19,21H,5,8-9,12H2,1H3,(H,22,23)/t15-/m0/s1. The van der Waals surface area contributed by atoms with Crippen molar-refractivity contribution in [3.63, 3.8) is 0 Å². The van der Waals surface area contributed by atoms with Gasteiger partial charge in [0, 0.05) is 36.2 Å². The summed E-state index contributed by atoms with van der Waals surface area (Å²) in [5.74, 6) is 0.910. The molecular weight excluding hydrogens is 300 g/mol. The van der Waals surface area contributed by atoms with Crippen LogP contribution >= 0.6 is 0 Å². The van der Waals surface area contributed by atoms with Crippen LogP contribution in [0.25, 0.3) is 5.65 Å². The van der Waals surface area contributed by atoms with E-state index >= 15 is 0 Å². The number of fused-ring (bicyclic) bond motifs is 1. The van der Waals surface area contributed by atoms with Gasteiger partial charge in [0.15, 0.2) is 11.5 Å². The minimum atomic E-state index is 0.412. The van der Waals surface area contributed by atoms with Crippen molar-refractivity contribution in [1.29, 1.82) is 0 Å². The number of imidazole rings is 1. The van der Waals surface area contributed by atoms with Crippen LogP contribution in [-0.4, -0.2) is 33.7 Å². The molecule has 4 rings (SSSR count). The molecule has 1 saturated heterocycles. The van der Waals surface area contributed by atoms with Crippen LogP contribution in [-0.2, 0) is 0 Å². The van der Waals surface area contributed by atoms with Gasteiger partial charge in [0.05, 0.1) is 5.69 Å². The van der Waals surface area contributed by atoms with Gasteiger partial charge in [-0.2, -0.15) is 0 Å². The molecule has 1 fully saturated rings. The molecular formula is C18H22N6. The Balaban J connectivity index is 1.71. The van der Waals surface area contributed by atoms with Crippen LogP contribution in [0.5, 0.6) is 0 Å². The van der Waals surface area contributed by atoms with Crippen molar-refractivity contribution < 1.29 is 0 Å². The molecule has 0 bridgehead atoms. The van der Waals surface area contributed by atoms with E-state index in [1.807, 2.05) is 28.9 Å². The van der Waals surface area contributed by atoms with E-state index in [1.165, 1.54) is 6.42 Å². The molecule has 1 aromatic carbocycles. The first kappa shape index (κ1) is 15.0. The summed E-state index contributed by atoms with van der Waals surface area (Å²) in [6.45, 7) is 4.17. The Morgan fingerprint density at radius 3 is 2.92 bits per heavy atom. The van der Waals surface area contributed by atoms with Gasteiger partial charge in [-0.15, -0.1) is 5.10 Å². The molecule has 0 aliphatic carbocycles. The lowest BCUT2D eigenvalue weighted by Gasteiger charge is -2.25. The van der Waals surface area contributed by atoms with Crippen LogP contribution < -0.4 is 16.0 Å². The van der Waals surface area contributed by atoms with Crippen molar-refractivity contribution in [2.75, 3.05) is 23.7 Å². The number of benzene rings is 1. The molecule has 6 heteroatoms. The Bertz CT molecular complexity index is 820. The molecule has 6 nitrogen and oxygen atoms in total. The minimum Gasteiger partial charge on any atom is -0.364 e. The summed E-state index contributed by atoms with van der Waals surface area (Å²) >= 11 is 0. The maximum Gasteiger partial charge on any atom is 0.177 e. The first-order valence-corrected chi connectivity index (χ1v) is 8.44. The van der Waals surface area contributed by atoms with Crippen molar-refractivity contribution in [3.05, 3.63) is 48.3 Å². The van der Waals surface area contributed by atoms with Crippen LogP contribution in [0.1, 0.15) is 18.4 Å². The highest BCUT2D eigenvalue weighted by Crippen LogP contribution is 2.29. The zero-order valence-electron chi connectivity index (χ0n) is 13.8. The fraction of sp³-hybridized carbons (Fsp3) is 0.333. The third-order valence-corrected chi connectivity index (χ3v) is 4.46. The fourth-order valence-electron chi connectivity index (χ4n) is 3.15. The van der Waals surface area contributed by atoms with Gasteiger partial charge in [0.1, 0.15) is 0 Å². The van der Waals surface area contributed by atoms with E-state index in [9.17, 15) is 0 Å². The van der Waals surface area contributed by atoms with E-state index in [4.69, 9.17) is 5.10 Å². The van der Waals surface area contributed by atoms with Crippen molar-refractivity contribution in [2.45, 2.75) is 25.8 Å². The zero-order chi connectivity index (χ0) is 16.4. The molecule has 3 heterocycles. The molecule has 1 atom stereocenters. The summed E-state index contributed by atoms with van der Waals surface area (Å²) in [6.07, 6.45) is 6.02. The minimum absolute atomic E-state index is 0.412. The lowest BCUT2D eigenvalue weighted by molar-refractivity contribution is 0.478. The van der Waals surface area contributed by atoms with Crippen molar-refractivity contribution in [3.8, 4) is 0 Å². The number of anilines is 3. The first-order chi connectivity index (χ1) is 11.8. The Kier molecular flexibility index (Phi) is 4.04. The number of piperidine rings is 1. The number of nitrogens with one attached hydrogen (secondary N) is 3. The summed E-state index contributed by atoms with van der Waals surface area (Å²) in [7, 11) is 0. The normalized spacial score (nSPS) is 17.8. The van der Waals surface area contributed by atoms with Crippen LogP contribution in [0.15, 0.2) is 42.7 Å². The average molecular weight is 322 g/mol. The number of hydrogen-bond acceptors (Lipinski definition) is 5. The largest absolute Gasteiger partial charge is 0.364 e. The summed E-state index contributed by atoms with van der Waals surface area (Å²) in [5.41, 5.74) is 3.96. The Morgan fingerprint density at radius 1 is 1.25 bits per heavy atom. The highest BCUT2D eigenvalue weighted by atomic mass is 15.3. The van der Waals surface area contributed by atoms with Crippen LogP contribution in [0, 0.1) is 6.92 Å². The van der Waals surface area contributed by atoms with Crippen LogP contribution in [0.3, 0.4) is 0 Å². The Morgan fingerprint density at radius 2 is 2.12 bits per heavy atom. The molecule has 3 aromatic rings. The van der Waals surface area contributed by atoms with E-state index < -0.39 is 0 Å². The quantitative estimate of drug-likeness (QED) is 0.689. The lowest BCUT2D eigenvalue weighted by atomic mass is 10.1. The summed E-state index contributed by atoms with van der Waals surface area (Å²) < 4.78 is 1.83. The number of aromatic nitrogens is 3. The third-order valence-electron chi connectivity index (χ3n) is 4.46. The van der Waals surface area contributed by atoms with Gasteiger partial charge in [0.2, 0.25) is 0 Å². The van der Waals surface area contributed by atoms with Gasteiger partial charge in [0.25, 0.3) is 0 Å². The second kappa shape index (κ2) is 6.49. The predicted molar refractivity (Wildman–Crippen MR) is 97.0 cm³/mol. The molecule has 0 amide bonds. The molecule has 2 aromatic heterocycles. The molecule has 3 N–H and O–H groups in total. The first-order valence-electron chi connectivity index (χ1n) is 8.44. The maximum atomic E-state index is 4.71. The van der Waals surface area contributed by atoms with Crippen LogP contribution in [0.4, 0.5) is 17.2 Å².